The number of hydrogen-bond acceptors (Lipinski definition) is 3. The fourth-order valence-electron chi connectivity index (χ4n) is 1.01. The summed E-state index contributed by atoms with van der Waals surface area (Å²) >= 11 is 1.64. The molecule has 2 nitrogen and oxygen atoms in total. The Morgan fingerprint density at radius 2 is 2.29 bits per heavy atom. The molecule has 1 aromatic rings. The van der Waals surface area contributed by atoms with Gasteiger partial charge in [0.05, 0.1) is 0 Å². The summed E-state index contributed by atoms with van der Waals surface area (Å²) in [6.45, 7) is 0.563. The van der Waals surface area contributed by atoms with Crippen molar-refractivity contribution in [3.63, 3.8) is 0 Å². The van der Waals surface area contributed by atoms with Crippen molar-refractivity contribution in [3.8, 4) is 0 Å². The van der Waals surface area contributed by atoms with Crippen LogP contribution in [0.2, 0.25) is 0 Å². The van der Waals surface area contributed by atoms with Crippen LogP contribution in [0.5, 0.6) is 0 Å². The monoisotopic (exact) mass is 221 g/mol. The van der Waals surface area contributed by atoms with Gasteiger partial charge < -0.3 is 10.4 Å². The zero-order valence-corrected chi connectivity index (χ0v) is 8.44. The fourth-order valence-corrected chi connectivity index (χ4v) is 1.71. The van der Waals surface area contributed by atoms with Gasteiger partial charge in [-0.05, 0) is 17.9 Å². The van der Waals surface area contributed by atoms with E-state index < -0.39 is 12.5 Å². The van der Waals surface area contributed by atoms with Gasteiger partial charge in [0.1, 0.15) is 6.10 Å². The highest BCUT2D eigenvalue weighted by Crippen LogP contribution is 2.08. The van der Waals surface area contributed by atoms with Crippen LogP contribution in [0, 0.1) is 0 Å². The number of aliphatic hydroxyl groups is 1. The summed E-state index contributed by atoms with van der Waals surface area (Å²) in [5, 5.41) is 13.5. The average molecular weight is 221 g/mol. The first-order chi connectivity index (χ1) is 6.70. The molecule has 0 aliphatic rings. The Balaban J connectivity index is 2.05. The van der Waals surface area contributed by atoms with Crippen molar-refractivity contribution < 1.29 is 13.9 Å². The molecule has 0 spiro atoms. The molecule has 14 heavy (non-hydrogen) atoms. The zero-order valence-electron chi connectivity index (χ0n) is 7.62. The van der Waals surface area contributed by atoms with Crippen molar-refractivity contribution in [2.75, 3.05) is 13.1 Å². The maximum atomic E-state index is 11.8. The van der Waals surface area contributed by atoms with Crippen LogP contribution in [0.25, 0.3) is 0 Å². The second kappa shape index (κ2) is 6.06. The summed E-state index contributed by atoms with van der Waals surface area (Å²) in [7, 11) is 0. The lowest BCUT2D eigenvalue weighted by Crippen LogP contribution is -2.33. The van der Waals surface area contributed by atoms with E-state index in [-0.39, 0.29) is 6.54 Å². The number of aliphatic hydroxyl groups excluding tert-OH is 1. The molecule has 2 N–H and O–H groups in total. The van der Waals surface area contributed by atoms with Gasteiger partial charge in [-0.25, -0.2) is 8.78 Å². The van der Waals surface area contributed by atoms with E-state index in [4.69, 9.17) is 5.11 Å². The van der Waals surface area contributed by atoms with E-state index in [0.29, 0.717) is 6.54 Å². The molecule has 0 amide bonds. The Kier molecular flexibility index (Phi) is 5.00. The summed E-state index contributed by atoms with van der Waals surface area (Å²) in [4.78, 5) is 1.21. The van der Waals surface area contributed by atoms with E-state index >= 15 is 0 Å². The Morgan fingerprint density at radius 3 is 2.86 bits per heavy atom. The summed E-state index contributed by atoms with van der Waals surface area (Å²) in [5.41, 5.74) is 0. The zero-order chi connectivity index (χ0) is 10.4. The molecular formula is C9H13F2NOS. The van der Waals surface area contributed by atoms with E-state index in [9.17, 15) is 8.78 Å². The molecule has 0 radical (unpaired) electrons. The van der Waals surface area contributed by atoms with Gasteiger partial charge in [-0.1, -0.05) is 6.07 Å². The van der Waals surface area contributed by atoms with E-state index in [0.717, 1.165) is 6.42 Å². The predicted octanol–water partition coefficient (Wildman–Crippen LogP) is 1.51. The number of nitrogens with one attached hydrogen (secondary N) is 1. The van der Waals surface area contributed by atoms with E-state index in [1.807, 2.05) is 17.5 Å². The Bertz CT molecular complexity index is 241. The number of halogens is 2. The van der Waals surface area contributed by atoms with Gasteiger partial charge in [0, 0.05) is 18.0 Å². The standard InChI is InChI=1S/C9H13F2NOS/c10-9(11)8(13)6-12-4-3-7-2-1-5-14-7/h1-2,5,8-9,12-13H,3-4,6H2. The molecule has 1 unspecified atom stereocenters. The number of alkyl halides is 2. The molecule has 80 valence electrons. The highest BCUT2D eigenvalue weighted by Gasteiger charge is 2.15. The largest absolute Gasteiger partial charge is 0.386 e. The minimum Gasteiger partial charge on any atom is -0.386 e. The smallest absolute Gasteiger partial charge is 0.265 e. The molecule has 0 aromatic carbocycles. The number of hydrogen-bond donors (Lipinski definition) is 2. The van der Waals surface area contributed by atoms with Crippen LogP contribution in [0.4, 0.5) is 8.78 Å². The minimum atomic E-state index is -2.66. The molecule has 1 atom stereocenters. The van der Waals surface area contributed by atoms with Crippen LogP contribution in [0.3, 0.4) is 0 Å². The second-order valence-corrected chi connectivity index (χ2v) is 3.97. The van der Waals surface area contributed by atoms with Gasteiger partial charge in [-0.2, -0.15) is 0 Å². The maximum Gasteiger partial charge on any atom is 0.265 e. The Hall–Kier alpha value is -0.520. The lowest BCUT2D eigenvalue weighted by molar-refractivity contribution is -0.00308. The van der Waals surface area contributed by atoms with Crippen molar-refractivity contribution in [1.29, 1.82) is 0 Å². The summed E-state index contributed by atoms with van der Waals surface area (Å²) in [5.74, 6) is 0. The van der Waals surface area contributed by atoms with Crippen LogP contribution in [0.15, 0.2) is 17.5 Å². The topological polar surface area (TPSA) is 32.3 Å². The van der Waals surface area contributed by atoms with Gasteiger partial charge >= 0.3 is 0 Å². The second-order valence-electron chi connectivity index (χ2n) is 2.94. The van der Waals surface area contributed by atoms with Crippen molar-refractivity contribution >= 4 is 11.3 Å². The Labute approximate surface area is 85.6 Å². The lowest BCUT2D eigenvalue weighted by Gasteiger charge is -2.09. The first kappa shape index (κ1) is 11.6. The van der Waals surface area contributed by atoms with Crippen LogP contribution >= 0.6 is 11.3 Å². The van der Waals surface area contributed by atoms with Crippen LogP contribution < -0.4 is 5.32 Å². The van der Waals surface area contributed by atoms with Gasteiger partial charge in [-0.3, -0.25) is 0 Å². The third-order valence-electron chi connectivity index (χ3n) is 1.77. The molecule has 0 aliphatic heterocycles. The summed E-state index contributed by atoms with van der Waals surface area (Å²) in [6, 6.07) is 3.95. The van der Waals surface area contributed by atoms with Crippen molar-refractivity contribution in [1.82, 2.24) is 5.32 Å². The molecule has 1 heterocycles. The van der Waals surface area contributed by atoms with Gasteiger partial charge in [-0.15, -0.1) is 11.3 Å². The molecule has 5 heteroatoms. The number of thiophene rings is 1. The fraction of sp³-hybridized carbons (Fsp3) is 0.556. The first-order valence-corrected chi connectivity index (χ1v) is 5.27. The number of rotatable bonds is 6. The normalized spacial score (nSPS) is 13.4. The van der Waals surface area contributed by atoms with Crippen molar-refractivity contribution in [2.45, 2.75) is 19.0 Å². The molecule has 0 fully saturated rings. The van der Waals surface area contributed by atoms with Gasteiger partial charge in [0.15, 0.2) is 0 Å². The predicted molar refractivity (Wildman–Crippen MR) is 52.9 cm³/mol. The van der Waals surface area contributed by atoms with E-state index in [1.165, 1.54) is 4.88 Å². The van der Waals surface area contributed by atoms with Crippen LogP contribution in [-0.4, -0.2) is 30.7 Å². The molecular weight excluding hydrogens is 208 g/mol. The third-order valence-corrected chi connectivity index (χ3v) is 2.71. The minimum absolute atomic E-state index is 0.0525. The van der Waals surface area contributed by atoms with Crippen molar-refractivity contribution in [2.24, 2.45) is 0 Å². The van der Waals surface area contributed by atoms with Crippen molar-refractivity contribution in [3.05, 3.63) is 22.4 Å². The first-order valence-electron chi connectivity index (χ1n) is 4.39. The molecule has 0 saturated carbocycles. The molecule has 0 aliphatic carbocycles. The lowest BCUT2D eigenvalue weighted by atomic mass is 10.3. The highest BCUT2D eigenvalue weighted by atomic mass is 32.1. The SMILES string of the molecule is OC(CNCCc1cccs1)C(F)F. The Morgan fingerprint density at radius 1 is 1.50 bits per heavy atom. The maximum absolute atomic E-state index is 11.8. The van der Waals surface area contributed by atoms with E-state index in [1.54, 1.807) is 11.3 Å². The summed E-state index contributed by atoms with van der Waals surface area (Å²) < 4.78 is 23.7. The molecule has 0 bridgehead atoms. The molecule has 1 aromatic heterocycles. The van der Waals surface area contributed by atoms with Crippen LogP contribution in [0.1, 0.15) is 4.88 Å². The summed E-state index contributed by atoms with van der Waals surface area (Å²) in [6.07, 6.45) is -3.41. The average Bonchev–Trinajstić information content (AvgIpc) is 2.64. The third kappa shape index (κ3) is 4.13. The van der Waals surface area contributed by atoms with Gasteiger partial charge in [0.2, 0.25) is 0 Å². The van der Waals surface area contributed by atoms with Crippen LogP contribution in [-0.2, 0) is 6.42 Å². The van der Waals surface area contributed by atoms with E-state index in [2.05, 4.69) is 5.32 Å². The quantitative estimate of drug-likeness (QED) is 0.714. The van der Waals surface area contributed by atoms with Gasteiger partial charge in [0.25, 0.3) is 6.43 Å². The highest BCUT2D eigenvalue weighted by molar-refractivity contribution is 7.09. The molecule has 0 saturated heterocycles. The molecule has 1 rings (SSSR count).